The molecule has 0 unspecified atom stereocenters. The fraction of sp³-hybridized carbons (Fsp3) is 0.538. The second-order valence-electron chi connectivity index (χ2n) is 4.85. The third kappa shape index (κ3) is 4.90. The zero-order valence-corrected chi connectivity index (χ0v) is 14.5. The molecule has 0 radical (unpaired) electrons. The van der Waals surface area contributed by atoms with Crippen molar-refractivity contribution in [1.29, 1.82) is 0 Å². The summed E-state index contributed by atoms with van der Waals surface area (Å²) in [6.07, 6.45) is 3.77. The van der Waals surface area contributed by atoms with Crippen LogP contribution in [0, 0.1) is 0 Å². The molecule has 1 saturated carbocycles. The van der Waals surface area contributed by atoms with Crippen LogP contribution in [0.4, 0.5) is 5.69 Å². The predicted molar refractivity (Wildman–Crippen MR) is 88.6 cm³/mol. The number of aliphatic hydroxyl groups is 1. The van der Waals surface area contributed by atoms with Crippen LogP contribution in [-0.4, -0.2) is 17.3 Å². The van der Waals surface area contributed by atoms with E-state index in [9.17, 15) is 5.11 Å². The van der Waals surface area contributed by atoms with Gasteiger partial charge in [-0.05, 0) is 59.3 Å². The van der Waals surface area contributed by atoms with Gasteiger partial charge in [0.2, 0.25) is 0 Å². The van der Waals surface area contributed by atoms with Gasteiger partial charge in [0, 0.05) is 21.5 Å². The van der Waals surface area contributed by atoms with E-state index < -0.39 is 0 Å². The molecule has 4 N–H and O–H groups in total. The lowest BCUT2D eigenvalue weighted by Crippen LogP contribution is -2.34. The van der Waals surface area contributed by atoms with E-state index in [1.165, 1.54) is 0 Å². The number of hydrogen-bond acceptors (Lipinski definition) is 3. The highest BCUT2D eigenvalue weighted by molar-refractivity contribution is 9.11. The summed E-state index contributed by atoms with van der Waals surface area (Å²) in [5.41, 5.74) is 7.93. The molecule has 1 aliphatic carbocycles. The molecule has 0 saturated heterocycles. The average molecular weight is 417 g/mol. The number of aliphatic hydroxyl groups excluding tert-OH is 1. The molecule has 0 bridgehead atoms. The Morgan fingerprint density at radius 3 is 2.47 bits per heavy atom. The van der Waals surface area contributed by atoms with Gasteiger partial charge in [0.25, 0.3) is 0 Å². The SMILES string of the molecule is Cl.Nc1c(Br)cc(Br)cc1[14CH2]NC1CCC(O)CC1. The molecule has 1 aromatic rings. The maximum Gasteiger partial charge on any atom is 0.0541 e. The van der Waals surface area contributed by atoms with Crippen LogP contribution in [0.15, 0.2) is 21.1 Å². The van der Waals surface area contributed by atoms with Gasteiger partial charge in [0.1, 0.15) is 0 Å². The van der Waals surface area contributed by atoms with Crippen LogP contribution in [0.25, 0.3) is 0 Å². The quantitative estimate of drug-likeness (QED) is 0.660. The van der Waals surface area contributed by atoms with Crippen molar-refractivity contribution in [2.24, 2.45) is 0 Å². The Morgan fingerprint density at radius 1 is 1.21 bits per heavy atom. The number of benzene rings is 1. The van der Waals surface area contributed by atoms with Crippen molar-refractivity contribution in [3.8, 4) is 0 Å². The van der Waals surface area contributed by atoms with Gasteiger partial charge < -0.3 is 16.2 Å². The Hall–Kier alpha value is 0.190. The van der Waals surface area contributed by atoms with Gasteiger partial charge in [-0.2, -0.15) is 0 Å². The fourth-order valence-corrected chi connectivity index (χ4v) is 3.63. The van der Waals surface area contributed by atoms with E-state index in [2.05, 4.69) is 37.2 Å². The molecular formula is C13H19Br2ClN2O. The van der Waals surface area contributed by atoms with Gasteiger partial charge in [0.15, 0.2) is 0 Å². The number of rotatable bonds is 3. The Labute approximate surface area is 137 Å². The summed E-state index contributed by atoms with van der Waals surface area (Å²) < 4.78 is 1.95. The van der Waals surface area contributed by atoms with Crippen molar-refractivity contribution in [2.45, 2.75) is 44.4 Å². The van der Waals surface area contributed by atoms with Crippen LogP contribution >= 0.6 is 44.3 Å². The molecule has 0 spiro atoms. The van der Waals surface area contributed by atoms with Crippen molar-refractivity contribution in [2.75, 3.05) is 5.73 Å². The Bertz CT molecular complexity index is 423. The smallest absolute Gasteiger partial charge is 0.0541 e. The maximum absolute atomic E-state index is 9.47. The maximum atomic E-state index is 9.47. The van der Waals surface area contributed by atoms with E-state index in [4.69, 9.17) is 5.73 Å². The van der Waals surface area contributed by atoms with Gasteiger partial charge in [-0.3, -0.25) is 0 Å². The first-order chi connectivity index (χ1) is 8.56. The zero-order chi connectivity index (χ0) is 13.1. The van der Waals surface area contributed by atoms with Crippen molar-refractivity contribution >= 4 is 50.0 Å². The van der Waals surface area contributed by atoms with Crippen LogP contribution in [0.2, 0.25) is 0 Å². The minimum Gasteiger partial charge on any atom is -0.398 e. The Balaban J connectivity index is 0.00000180. The summed E-state index contributed by atoms with van der Waals surface area (Å²) in [5.74, 6) is 0. The number of nitrogens with one attached hydrogen (secondary N) is 1. The van der Waals surface area contributed by atoms with Crippen molar-refractivity contribution in [3.63, 3.8) is 0 Å². The molecule has 0 atom stereocenters. The summed E-state index contributed by atoms with van der Waals surface area (Å²) in [7, 11) is 0. The summed E-state index contributed by atoms with van der Waals surface area (Å²) in [5, 5.41) is 13.0. The molecule has 0 aromatic heterocycles. The van der Waals surface area contributed by atoms with Crippen molar-refractivity contribution in [1.82, 2.24) is 5.32 Å². The Morgan fingerprint density at radius 2 is 1.84 bits per heavy atom. The summed E-state index contributed by atoms with van der Waals surface area (Å²) in [4.78, 5) is 0. The molecule has 19 heavy (non-hydrogen) atoms. The third-order valence-electron chi connectivity index (χ3n) is 3.46. The first kappa shape index (κ1) is 17.2. The molecule has 6 heteroatoms. The molecule has 0 aliphatic heterocycles. The minimum atomic E-state index is -0.104. The number of hydrogen-bond donors (Lipinski definition) is 3. The highest BCUT2D eigenvalue weighted by Crippen LogP contribution is 2.28. The van der Waals surface area contributed by atoms with Gasteiger partial charge in [0.05, 0.1) is 11.8 Å². The van der Waals surface area contributed by atoms with Crippen LogP contribution in [0.1, 0.15) is 31.2 Å². The topological polar surface area (TPSA) is 58.3 Å². The molecule has 1 aliphatic rings. The van der Waals surface area contributed by atoms with Crippen molar-refractivity contribution in [3.05, 3.63) is 26.6 Å². The van der Waals surface area contributed by atoms with Crippen LogP contribution < -0.4 is 11.1 Å². The van der Waals surface area contributed by atoms with Crippen LogP contribution in [0.3, 0.4) is 0 Å². The van der Waals surface area contributed by atoms with E-state index in [-0.39, 0.29) is 18.5 Å². The lowest BCUT2D eigenvalue weighted by molar-refractivity contribution is 0.116. The molecule has 0 heterocycles. The van der Waals surface area contributed by atoms with Gasteiger partial charge >= 0.3 is 0 Å². The predicted octanol–water partition coefficient (Wildman–Crippen LogP) is 3.61. The lowest BCUT2D eigenvalue weighted by atomic mass is 9.94. The van der Waals surface area contributed by atoms with Gasteiger partial charge in [-0.1, -0.05) is 15.9 Å². The second-order valence-corrected chi connectivity index (χ2v) is 6.62. The monoisotopic (exact) mass is 414 g/mol. The second kappa shape index (κ2) is 7.84. The standard InChI is InChI=1S/C13H18Br2N2O.ClH/c14-9-5-8(13(16)12(15)6-9)7-17-10-1-3-11(18)4-2-10;/h5-6,10-11,17-18H,1-4,7,16H2;1H/i7+2;. The number of nitrogens with two attached hydrogens (primary N) is 1. The van der Waals surface area contributed by atoms with Gasteiger partial charge in [-0.15, -0.1) is 12.4 Å². The highest BCUT2D eigenvalue weighted by Gasteiger charge is 2.19. The number of anilines is 1. The summed E-state index contributed by atoms with van der Waals surface area (Å²) in [6, 6.07) is 4.49. The molecule has 2 rings (SSSR count). The number of halogens is 3. The number of nitrogen functional groups attached to an aromatic ring is 1. The van der Waals surface area contributed by atoms with E-state index in [1.54, 1.807) is 0 Å². The van der Waals surface area contributed by atoms with Crippen LogP contribution in [-0.2, 0) is 6.54 Å². The molecule has 108 valence electrons. The first-order valence-corrected chi connectivity index (χ1v) is 7.79. The van der Waals surface area contributed by atoms with E-state index in [0.717, 1.165) is 52.4 Å². The first-order valence-electron chi connectivity index (χ1n) is 6.21. The van der Waals surface area contributed by atoms with Crippen LogP contribution in [0.5, 0.6) is 0 Å². The lowest BCUT2D eigenvalue weighted by Gasteiger charge is -2.26. The summed E-state index contributed by atoms with van der Waals surface area (Å²) in [6.45, 7) is 0.768. The average Bonchev–Trinajstić information content (AvgIpc) is 2.34. The Kier molecular flexibility index (Phi) is 7.11. The molecule has 1 fully saturated rings. The third-order valence-corrected chi connectivity index (χ3v) is 4.57. The highest BCUT2D eigenvalue weighted by atomic mass is 79.9. The normalized spacial score (nSPS) is 22.9. The molecular weight excluding hydrogens is 397 g/mol. The molecule has 0 amide bonds. The molecule has 1 aromatic carbocycles. The van der Waals surface area contributed by atoms with Crippen molar-refractivity contribution < 1.29 is 5.11 Å². The largest absolute Gasteiger partial charge is 0.398 e. The summed E-state index contributed by atoms with van der Waals surface area (Å²) >= 11 is 6.93. The minimum absolute atomic E-state index is 0. The molecule has 3 nitrogen and oxygen atoms in total. The zero-order valence-electron chi connectivity index (χ0n) is 10.5. The van der Waals surface area contributed by atoms with E-state index in [1.807, 2.05) is 12.1 Å². The van der Waals surface area contributed by atoms with Gasteiger partial charge in [-0.25, -0.2) is 0 Å². The fourth-order valence-electron chi connectivity index (χ4n) is 2.32. The van der Waals surface area contributed by atoms with E-state index in [0.29, 0.717) is 6.04 Å². The van der Waals surface area contributed by atoms with E-state index >= 15 is 0 Å².